The molecule has 3 aromatic rings. The third-order valence-corrected chi connectivity index (χ3v) is 5.23. The summed E-state index contributed by atoms with van der Waals surface area (Å²) in [7, 11) is 1.63. The molecule has 0 spiro atoms. The van der Waals surface area contributed by atoms with Gasteiger partial charge in [0.1, 0.15) is 16.8 Å². The van der Waals surface area contributed by atoms with E-state index >= 15 is 0 Å². The molecule has 0 amide bonds. The van der Waals surface area contributed by atoms with Gasteiger partial charge in [-0.3, -0.25) is 0 Å². The molecule has 0 unspecified atom stereocenters. The number of thiazole rings is 1. The maximum absolute atomic E-state index is 9.50. The van der Waals surface area contributed by atoms with E-state index in [4.69, 9.17) is 27.9 Å². The first kappa shape index (κ1) is 17.5. The average Bonchev–Trinajstić information content (AvgIpc) is 3.13. The van der Waals surface area contributed by atoms with Crippen LogP contribution in [0.4, 0.5) is 0 Å². The number of benzene rings is 2. The van der Waals surface area contributed by atoms with Crippen molar-refractivity contribution in [2.24, 2.45) is 0 Å². The van der Waals surface area contributed by atoms with Gasteiger partial charge in [0.25, 0.3) is 0 Å². The molecule has 3 nitrogen and oxygen atoms in total. The maximum atomic E-state index is 9.50. The van der Waals surface area contributed by atoms with Gasteiger partial charge in [-0.05, 0) is 42.0 Å². The SMILES string of the molecule is COc1ccc(-c2csc(/C(C#N)=C/c3cccc(Cl)c3Cl)n2)cc1. The first-order valence-corrected chi connectivity index (χ1v) is 8.92. The number of rotatable bonds is 4. The van der Waals surface area contributed by atoms with E-state index in [0.29, 0.717) is 26.2 Å². The number of methoxy groups -OCH3 is 1. The van der Waals surface area contributed by atoms with E-state index in [1.54, 1.807) is 25.3 Å². The van der Waals surface area contributed by atoms with Crippen LogP contribution in [0.1, 0.15) is 10.6 Å². The molecule has 2 aromatic carbocycles. The Balaban J connectivity index is 1.95. The van der Waals surface area contributed by atoms with Gasteiger partial charge in [-0.15, -0.1) is 11.3 Å². The van der Waals surface area contributed by atoms with Crippen molar-refractivity contribution in [2.75, 3.05) is 7.11 Å². The fraction of sp³-hybridized carbons (Fsp3) is 0.0526. The summed E-state index contributed by atoms with van der Waals surface area (Å²) in [5.74, 6) is 0.785. The van der Waals surface area contributed by atoms with Crippen LogP contribution in [0.3, 0.4) is 0 Å². The van der Waals surface area contributed by atoms with E-state index < -0.39 is 0 Å². The Morgan fingerprint density at radius 2 is 1.96 bits per heavy atom. The summed E-state index contributed by atoms with van der Waals surface area (Å²) in [5.41, 5.74) is 2.89. The monoisotopic (exact) mass is 386 g/mol. The molecule has 25 heavy (non-hydrogen) atoms. The summed E-state index contributed by atoms with van der Waals surface area (Å²) in [6, 6.07) is 15.1. The van der Waals surface area contributed by atoms with Crippen molar-refractivity contribution in [2.45, 2.75) is 0 Å². The molecule has 0 saturated heterocycles. The minimum atomic E-state index is 0.420. The van der Waals surface area contributed by atoms with Crippen LogP contribution in [-0.4, -0.2) is 12.1 Å². The Labute approximate surface area is 159 Å². The molecular weight excluding hydrogens is 375 g/mol. The van der Waals surface area contributed by atoms with Gasteiger partial charge in [-0.2, -0.15) is 5.26 Å². The second-order valence-corrected chi connectivity index (χ2v) is 6.72. The summed E-state index contributed by atoms with van der Waals surface area (Å²) in [6.45, 7) is 0. The Hall–Kier alpha value is -2.32. The molecule has 0 aliphatic rings. The van der Waals surface area contributed by atoms with Gasteiger partial charge in [0.05, 0.1) is 28.4 Å². The Kier molecular flexibility index (Phi) is 5.40. The number of nitrogens with zero attached hydrogens (tertiary/aromatic N) is 2. The molecular formula is C19H12Cl2N2OS. The van der Waals surface area contributed by atoms with Gasteiger partial charge in [0.15, 0.2) is 0 Å². The number of nitriles is 1. The zero-order valence-corrected chi connectivity index (χ0v) is 15.5. The van der Waals surface area contributed by atoms with E-state index in [0.717, 1.165) is 17.0 Å². The van der Waals surface area contributed by atoms with Gasteiger partial charge in [-0.1, -0.05) is 35.3 Å². The van der Waals surface area contributed by atoms with Crippen molar-refractivity contribution >= 4 is 46.2 Å². The molecule has 6 heteroatoms. The van der Waals surface area contributed by atoms with Crippen molar-refractivity contribution in [1.82, 2.24) is 4.98 Å². The highest BCUT2D eigenvalue weighted by Crippen LogP contribution is 2.31. The first-order chi connectivity index (χ1) is 12.1. The molecule has 1 heterocycles. The fourth-order valence-corrected chi connectivity index (χ4v) is 3.38. The quantitative estimate of drug-likeness (QED) is 0.502. The molecule has 0 radical (unpaired) electrons. The van der Waals surface area contributed by atoms with Crippen LogP contribution in [0.25, 0.3) is 22.9 Å². The summed E-state index contributed by atoms with van der Waals surface area (Å²) in [5, 5.41) is 12.9. The molecule has 0 fully saturated rings. The van der Waals surface area contributed by atoms with Gasteiger partial charge >= 0.3 is 0 Å². The van der Waals surface area contributed by atoms with Crippen LogP contribution >= 0.6 is 34.5 Å². The zero-order chi connectivity index (χ0) is 17.8. The number of ether oxygens (including phenoxy) is 1. The zero-order valence-electron chi connectivity index (χ0n) is 13.2. The molecule has 0 bridgehead atoms. The summed E-state index contributed by atoms with van der Waals surface area (Å²) in [6.07, 6.45) is 1.70. The van der Waals surface area contributed by atoms with Crippen molar-refractivity contribution < 1.29 is 4.74 Å². The summed E-state index contributed by atoms with van der Waals surface area (Å²) >= 11 is 13.6. The van der Waals surface area contributed by atoms with E-state index in [9.17, 15) is 5.26 Å². The van der Waals surface area contributed by atoms with Crippen LogP contribution in [0.5, 0.6) is 5.75 Å². The van der Waals surface area contributed by atoms with Gasteiger partial charge in [0, 0.05) is 10.9 Å². The van der Waals surface area contributed by atoms with E-state index in [1.165, 1.54) is 11.3 Å². The molecule has 3 rings (SSSR count). The van der Waals surface area contributed by atoms with E-state index in [2.05, 4.69) is 11.1 Å². The molecule has 0 saturated carbocycles. The lowest BCUT2D eigenvalue weighted by Gasteiger charge is -2.01. The molecule has 0 aliphatic heterocycles. The Bertz CT molecular complexity index is 972. The molecule has 0 atom stereocenters. The number of hydrogen-bond acceptors (Lipinski definition) is 4. The number of aromatic nitrogens is 1. The lowest BCUT2D eigenvalue weighted by atomic mass is 10.1. The predicted molar refractivity (Wildman–Crippen MR) is 104 cm³/mol. The van der Waals surface area contributed by atoms with Gasteiger partial charge in [0.2, 0.25) is 0 Å². The van der Waals surface area contributed by atoms with Crippen LogP contribution in [-0.2, 0) is 0 Å². The predicted octanol–water partition coefficient (Wildman–Crippen LogP) is 6.19. The van der Waals surface area contributed by atoms with Crippen LogP contribution < -0.4 is 4.74 Å². The van der Waals surface area contributed by atoms with Crippen LogP contribution in [0, 0.1) is 11.3 Å². The normalized spacial score (nSPS) is 11.2. The first-order valence-electron chi connectivity index (χ1n) is 7.28. The minimum absolute atomic E-state index is 0.420. The third-order valence-electron chi connectivity index (χ3n) is 3.52. The molecule has 0 aliphatic carbocycles. The van der Waals surface area contributed by atoms with Crippen molar-refractivity contribution in [1.29, 1.82) is 5.26 Å². The van der Waals surface area contributed by atoms with Crippen LogP contribution in [0.15, 0.2) is 47.8 Å². The Morgan fingerprint density at radius 1 is 1.20 bits per heavy atom. The van der Waals surface area contributed by atoms with Crippen molar-refractivity contribution in [3.8, 4) is 23.1 Å². The molecule has 124 valence electrons. The van der Waals surface area contributed by atoms with E-state index in [-0.39, 0.29) is 0 Å². The highest BCUT2D eigenvalue weighted by molar-refractivity contribution is 7.11. The summed E-state index contributed by atoms with van der Waals surface area (Å²) in [4.78, 5) is 4.57. The second kappa shape index (κ2) is 7.71. The standard InChI is InChI=1S/C19H12Cl2N2OS/c1-24-15-7-5-12(6-8-15)17-11-25-19(23-17)14(10-22)9-13-3-2-4-16(20)18(13)21/h2-9,11H,1H3/b14-9+. The minimum Gasteiger partial charge on any atom is -0.497 e. The van der Waals surface area contributed by atoms with Crippen molar-refractivity contribution in [3.05, 3.63) is 68.5 Å². The summed E-state index contributed by atoms with van der Waals surface area (Å²) < 4.78 is 5.16. The van der Waals surface area contributed by atoms with E-state index in [1.807, 2.05) is 35.7 Å². The van der Waals surface area contributed by atoms with Crippen molar-refractivity contribution in [3.63, 3.8) is 0 Å². The highest BCUT2D eigenvalue weighted by atomic mass is 35.5. The Morgan fingerprint density at radius 3 is 2.64 bits per heavy atom. The van der Waals surface area contributed by atoms with Gasteiger partial charge in [-0.25, -0.2) is 4.98 Å². The molecule has 0 N–H and O–H groups in total. The number of halogens is 2. The number of allylic oxidation sites excluding steroid dienone is 1. The second-order valence-electron chi connectivity index (χ2n) is 5.08. The molecule has 1 aromatic heterocycles. The smallest absolute Gasteiger partial charge is 0.134 e. The number of hydrogen-bond donors (Lipinski definition) is 0. The maximum Gasteiger partial charge on any atom is 0.134 e. The topological polar surface area (TPSA) is 45.9 Å². The lowest BCUT2D eigenvalue weighted by molar-refractivity contribution is 0.415. The fourth-order valence-electron chi connectivity index (χ4n) is 2.22. The van der Waals surface area contributed by atoms with Crippen LogP contribution in [0.2, 0.25) is 10.0 Å². The average molecular weight is 387 g/mol. The largest absolute Gasteiger partial charge is 0.497 e. The highest BCUT2D eigenvalue weighted by Gasteiger charge is 2.11. The van der Waals surface area contributed by atoms with Gasteiger partial charge < -0.3 is 4.74 Å². The lowest BCUT2D eigenvalue weighted by Crippen LogP contribution is -1.85. The third kappa shape index (κ3) is 3.85.